The lowest BCUT2D eigenvalue weighted by Gasteiger charge is -2.12. The van der Waals surface area contributed by atoms with E-state index < -0.39 is 11.9 Å². The molecule has 0 radical (unpaired) electrons. The van der Waals surface area contributed by atoms with Crippen molar-refractivity contribution < 1.29 is 23.0 Å². The van der Waals surface area contributed by atoms with Gasteiger partial charge in [-0.3, -0.25) is 5.10 Å². The number of rotatable bonds is 6. The van der Waals surface area contributed by atoms with Gasteiger partial charge in [-0.2, -0.15) is 18.3 Å². The van der Waals surface area contributed by atoms with Crippen LogP contribution in [0, 0.1) is 0 Å². The molecule has 0 spiro atoms. The second-order valence-corrected chi connectivity index (χ2v) is 7.76. The standard InChI is InChI=1S/C24H19ClF3N3O2/c25-17-6-4-14(5-7-17)13-33-18-8-9-20(32)19(11-18)22-21(23(31-30-22)24(26,27)28)16-3-1-2-15(10-16)12-29/h1-11,32H,12-13,29H2,(H,30,31). The van der Waals surface area contributed by atoms with Crippen molar-refractivity contribution in [2.24, 2.45) is 5.73 Å². The fourth-order valence-electron chi connectivity index (χ4n) is 3.43. The van der Waals surface area contributed by atoms with Crippen molar-refractivity contribution in [1.82, 2.24) is 10.2 Å². The summed E-state index contributed by atoms with van der Waals surface area (Å²) in [4.78, 5) is 0. The van der Waals surface area contributed by atoms with Crippen LogP contribution in [0.5, 0.6) is 11.5 Å². The highest BCUT2D eigenvalue weighted by atomic mass is 35.5. The van der Waals surface area contributed by atoms with Crippen molar-refractivity contribution in [2.45, 2.75) is 19.3 Å². The molecule has 0 atom stereocenters. The second kappa shape index (κ2) is 9.17. The number of nitrogens with zero attached hydrogens (tertiary/aromatic N) is 1. The number of alkyl halides is 3. The molecule has 0 saturated heterocycles. The number of H-pyrrole nitrogens is 1. The Hall–Kier alpha value is -3.49. The maximum absolute atomic E-state index is 13.8. The van der Waals surface area contributed by atoms with E-state index in [-0.39, 0.29) is 41.3 Å². The van der Waals surface area contributed by atoms with E-state index in [1.165, 1.54) is 18.2 Å². The molecule has 0 aliphatic carbocycles. The molecule has 0 saturated carbocycles. The molecule has 0 unspecified atom stereocenters. The molecule has 0 aliphatic heterocycles. The van der Waals surface area contributed by atoms with Gasteiger partial charge in [0, 0.05) is 22.7 Å². The number of aromatic nitrogens is 2. The molecule has 4 N–H and O–H groups in total. The summed E-state index contributed by atoms with van der Waals surface area (Å²) in [5.41, 5.74) is 6.35. The fourth-order valence-corrected chi connectivity index (χ4v) is 3.56. The number of phenolic OH excluding ortho intramolecular Hbond substituents is 1. The summed E-state index contributed by atoms with van der Waals surface area (Å²) in [6.45, 7) is 0.380. The van der Waals surface area contributed by atoms with Crippen LogP contribution in [0.1, 0.15) is 16.8 Å². The molecule has 170 valence electrons. The van der Waals surface area contributed by atoms with E-state index in [4.69, 9.17) is 22.1 Å². The quantitative estimate of drug-likeness (QED) is 0.313. The van der Waals surface area contributed by atoms with Crippen molar-refractivity contribution in [1.29, 1.82) is 0 Å². The first-order valence-corrected chi connectivity index (χ1v) is 10.3. The van der Waals surface area contributed by atoms with E-state index >= 15 is 0 Å². The summed E-state index contributed by atoms with van der Waals surface area (Å²) >= 11 is 5.89. The Morgan fingerprint density at radius 3 is 2.45 bits per heavy atom. The third kappa shape index (κ3) is 4.97. The maximum Gasteiger partial charge on any atom is 0.435 e. The van der Waals surface area contributed by atoms with E-state index in [9.17, 15) is 18.3 Å². The molecule has 0 aliphatic rings. The van der Waals surface area contributed by atoms with Crippen molar-refractivity contribution in [3.05, 3.63) is 88.6 Å². The van der Waals surface area contributed by atoms with E-state index in [0.717, 1.165) is 5.56 Å². The number of phenols is 1. The van der Waals surface area contributed by atoms with Crippen LogP contribution in [0.2, 0.25) is 5.02 Å². The van der Waals surface area contributed by atoms with Crippen LogP contribution in [0.15, 0.2) is 66.7 Å². The molecule has 9 heteroatoms. The maximum atomic E-state index is 13.8. The topological polar surface area (TPSA) is 84.2 Å². The van der Waals surface area contributed by atoms with Crippen LogP contribution < -0.4 is 10.5 Å². The first kappa shape index (κ1) is 22.7. The molecule has 1 aromatic heterocycles. The van der Waals surface area contributed by atoms with Crippen molar-refractivity contribution in [2.75, 3.05) is 0 Å². The van der Waals surface area contributed by atoms with Crippen LogP contribution in [-0.4, -0.2) is 15.3 Å². The van der Waals surface area contributed by atoms with Crippen LogP contribution in [-0.2, 0) is 19.3 Å². The van der Waals surface area contributed by atoms with Gasteiger partial charge in [0.25, 0.3) is 0 Å². The zero-order valence-corrected chi connectivity index (χ0v) is 17.9. The van der Waals surface area contributed by atoms with Crippen LogP contribution in [0.25, 0.3) is 22.4 Å². The molecule has 33 heavy (non-hydrogen) atoms. The van der Waals surface area contributed by atoms with E-state index in [1.807, 2.05) is 0 Å². The molecular weight excluding hydrogens is 455 g/mol. The normalized spacial score (nSPS) is 11.5. The smallest absolute Gasteiger partial charge is 0.435 e. The van der Waals surface area contributed by atoms with Gasteiger partial charge in [-0.1, -0.05) is 41.9 Å². The summed E-state index contributed by atoms with van der Waals surface area (Å²) in [6.07, 6.45) is -4.71. The molecular formula is C24H19ClF3N3O2. The Labute approximate surface area is 192 Å². The number of halogens is 4. The van der Waals surface area contributed by atoms with Gasteiger partial charge in [0.1, 0.15) is 18.1 Å². The van der Waals surface area contributed by atoms with Crippen LogP contribution in [0.3, 0.4) is 0 Å². The molecule has 4 rings (SSSR count). The molecule has 4 aromatic rings. The summed E-state index contributed by atoms with van der Waals surface area (Å²) < 4.78 is 47.1. The predicted octanol–water partition coefficient (Wildman–Crippen LogP) is 6.16. The molecule has 0 bridgehead atoms. The van der Waals surface area contributed by atoms with Crippen LogP contribution in [0.4, 0.5) is 13.2 Å². The lowest BCUT2D eigenvalue weighted by molar-refractivity contribution is -0.140. The summed E-state index contributed by atoms with van der Waals surface area (Å²) in [5, 5.41) is 17.0. The third-order valence-electron chi connectivity index (χ3n) is 5.04. The van der Waals surface area contributed by atoms with Crippen molar-refractivity contribution in [3.8, 4) is 33.9 Å². The third-order valence-corrected chi connectivity index (χ3v) is 5.29. The van der Waals surface area contributed by atoms with Crippen molar-refractivity contribution >= 4 is 11.6 Å². The molecule has 0 amide bonds. The Bertz CT molecular complexity index is 1270. The highest BCUT2D eigenvalue weighted by molar-refractivity contribution is 6.30. The minimum Gasteiger partial charge on any atom is -0.507 e. The second-order valence-electron chi connectivity index (χ2n) is 7.32. The Kier molecular flexibility index (Phi) is 6.31. The zero-order chi connectivity index (χ0) is 23.6. The number of ether oxygens (including phenoxy) is 1. The van der Waals surface area contributed by atoms with Gasteiger partial charge in [0.2, 0.25) is 0 Å². The number of nitrogens with one attached hydrogen (secondary N) is 1. The summed E-state index contributed by atoms with van der Waals surface area (Å²) in [7, 11) is 0. The predicted molar refractivity (Wildman–Crippen MR) is 120 cm³/mol. The summed E-state index contributed by atoms with van der Waals surface area (Å²) in [5.74, 6) is 0.144. The van der Waals surface area contributed by atoms with Gasteiger partial charge in [0.15, 0.2) is 5.69 Å². The monoisotopic (exact) mass is 473 g/mol. The molecule has 3 aromatic carbocycles. The Morgan fingerprint density at radius 1 is 1.00 bits per heavy atom. The molecule has 5 nitrogen and oxygen atoms in total. The average molecular weight is 474 g/mol. The first-order valence-electron chi connectivity index (χ1n) is 9.92. The van der Waals surface area contributed by atoms with E-state index in [0.29, 0.717) is 16.3 Å². The van der Waals surface area contributed by atoms with Gasteiger partial charge in [-0.15, -0.1) is 0 Å². The largest absolute Gasteiger partial charge is 0.507 e. The van der Waals surface area contributed by atoms with E-state index in [1.54, 1.807) is 48.5 Å². The lowest BCUT2D eigenvalue weighted by atomic mass is 9.96. The van der Waals surface area contributed by atoms with Gasteiger partial charge >= 0.3 is 6.18 Å². The number of hydrogen-bond donors (Lipinski definition) is 3. The number of hydrogen-bond acceptors (Lipinski definition) is 4. The fraction of sp³-hybridized carbons (Fsp3) is 0.125. The minimum atomic E-state index is -4.71. The van der Waals surface area contributed by atoms with Gasteiger partial charge in [-0.05, 0) is 53.1 Å². The average Bonchev–Trinajstić information content (AvgIpc) is 3.25. The summed E-state index contributed by atoms with van der Waals surface area (Å²) in [6, 6.07) is 17.9. The first-order chi connectivity index (χ1) is 15.8. The van der Waals surface area contributed by atoms with Gasteiger partial charge < -0.3 is 15.6 Å². The Morgan fingerprint density at radius 2 is 1.76 bits per heavy atom. The van der Waals surface area contributed by atoms with Crippen LogP contribution >= 0.6 is 11.6 Å². The highest BCUT2D eigenvalue weighted by Crippen LogP contribution is 2.44. The molecule has 0 fully saturated rings. The SMILES string of the molecule is NCc1cccc(-c2c(C(F)(F)F)n[nH]c2-c2cc(OCc3ccc(Cl)cc3)ccc2O)c1. The van der Waals surface area contributed by atoms with Gasteiger partial charge in [-0.25, -0.2) is 0 Å². The van der Waals surface area contributed by atoms with Gasteiger partial charge in [0.05, 0.1) is 5.69 Å². The Balaban J connectivity index is 1.76. The zero-order valence-electron chi connectivity index (χ0n) is 17.2. The van der Waals surface area contributed by atoms with Crippen molar-refractivity contribution in [3.63, 3.8) is 0 Å². The number of benzene rings is 3. The number of aromatic hydroxyl groups is 1. The number of aromatic amines is 1. The molecule has 1 heterocycles. The minimum absolute atomic E-state index is 0.0194. The number of nitrogens with two attached hydrogens (primary N) is 1. The van der Waals surface area contributed by atoms with E-state index in [2.05, 4.69) is 10.2 Å². The lowest BCUT2D eigenvalue weighted by Crippen LogP contribution is -2.07. The highest BCUT2D eigenvalue weighted by Gasteiger charge is 2.39.